The Morgan fingerprint density at radius 1 is 0.688 bits per heavy atom. The molecule has 1 heteroatoms. The molecular weight excluding hydrogens is 236 g/mol. The Kier molecular flexibility index (Phi) is 0.152. The molecule has 88 valence electrons. The van der Waals surface area contributed by atoms with Crippen molar-refractivity contribution in [1.82, 2.24) is 0 Å². The predicted octanol–water partition coefficient (Wildman–Crippen LogP) is 5.33. The Labute approximate surface area is 86.8 Å². The normalized spacial score (nSPS) is 145. The van der Waals surface area contributed by atoms with Crippen LogP contribution in [0.15, 0.2) is 0 Å². The molecule has 10 aliphatic heterocycles. The quantitative estimate of drug-likeness (QED) is 0.514. The fourth-order valence-electron chi connectivity index (χ4n) is 23.4. The van der Waals surface area contributed by atoms with E-state index < -0.39 is 6.51 Å². The molecule has 0 radical (unpaired) electrons. The van der Waals surface area contributed by atoms with E-state index in [0.29, 0.717) is 0 Å². The summed E-state index contributed by atoms with van der Waals surface area (Å²) in [6.45, 7) is 11.1. The molecule has 0 aromatic heterocycles. The SMILES string of the molecule is C[C]12[CH]3[C]4(C)[C]5(C)[CH]1[Fe]32451678[CH]2[CH]1[C]6(C)[C]7(C)[CH]28. The molecule has 0 aliphatic carbocycles. The summed E-state index contributed by atoms with van der Waals surface area (Å²) in [4.78, 5) is 7.02. The second-order valence-corrected chi connectivity index (χ2v) is 35.4. The summed E-state index contributed by atoms with van der Waals surface area (Å²) in [5.74, 6) is 0. The molecule has 10 heterocycles. The predicted molar refractivity (Wildman–Crippen MR) is 60.6 cm³/mol. The zero-order valence-corrected chi connectivity index (χ0v) is 11.8. The Bertz CT molecular complexity index is 1020. The molecule has 10 aliphatic rings. The van der Waals surface area contributed by atoms with Gasteiger partial charge in [-0.15, -0.1) is 0 Å². The van der Waals surface area contributed by atoms with Crippen LogP contribution in [0, 0.1) is 0 Å². The van der Waals surface area contributed by atoms with Gasteiger partial charge in [0.1, 0.15) is 0 Å². The van der Waals surface area contributed by atoms with Crippen molar-refractivity contribution < 1.29 is 6.51 Å². The van der Waals surface area contributed by atoms with E-state index in [2.05, 4.69) is 34.6 Å². The molecule has 0 amide bonds. The number of fused-ring (bicyclic) bond motifs is 10. The van der Waals surface area contributed by atoms with Crippen molar-refractivity contribution >= 4 is 0 Å². The second kappa shape index (κ2) is 0.399. The van der Waals surface area contributed by atoms with E-state index >= 15 is 0 Å². The van der Waals surface area contributed by atoms with Gasteiger partial charge in [0.05, 0.1) is 0 Å². The van der Waals surface area contributed by atoms with Gasteiger partial charge in [-0.1, -0.05) is 0 Å². The standard InChI is InChI=1S/C8H11.C7H9.Fe/c1-6-4-7(2)8(3)5-6;1-6-4-3-5-7(6)2;/h4-5H,1-3H3;3-5H,1-2H3;. The Morgan fingerprint density at radius 3 is 1.12 bits per heavy atom. The molecule has 0 bridgehead atoms. The van der Waals surface area contributed by atoms with Crippen molar-refractivity contribution in [2.75, 3.05) is 0 Å². The molecule has 16 heavy (non-hydrogen) atoms. The van der Waals surface area contributed by atoms with Crippen LogP contribution in [-0.4, -0.2) is 0 Å². The van der Waals surface area contributed by atoms with Gasteiger partial charge < -0.3 is 0 Å². The number of hydrogen-bond donors (Lipinski definition) is 0. The summed E-state index contributed by atoms with van der Waals surface area (Å²) in [7, 11) is 0. The topological polar surface area (TPSA) is 0 Å². The summed E-state index contributed by atoms with van der Waals surface area (Å²) in [5, 5.41) is 0. The van der Waals surface area contributed by atoms with Crippen molar-refractivity contribution in [1.29, 1.82) is 0 Å². The van der Waals surface area contributed by atoms with Crippen LogP contribution in [0.3, 0.4) is 0 Å². The maximum atomic E-state index is 2.84. The monoisotopic (exact) mass is 256 g/mol. The third-order valence-electron chi connectivity index (χ3n) is 19.1. The fourth-order valence-corrected chi connectivity index (χ4v) is 112. The van der Waals surface area contributed by atoms with Gasteiger partial charge in [-0.05, 0) is 0 Å². The van der Waals surface area contributed by atoms with Gasteiger partial charge in [0.15, 0.2) is 0 Å². The molecule has 0 N–H and O–H groups in total. The van der Waals surface area contributed by atoms with Gasteiger partial charge in [0.2, 0.25) is 0 Å². The van der Waals surface area contributed by atoms with Gasteiger partial charge in [-0.25, -0.2) is 0 Å². The molecule has 8 atom stereocenters. The fraction of sp³-hybridized carbons (Fsp3) is 1.00. The van der Waals surface area contributed by atoms with E-state index in [1.807, 2.05) is 0 Å². The van der Waals surface area contributed by atoms with Crippen molar-refractivity contribution in [3.63, 3.8) is 0 Å². The van der Waals surface area contributed by atoms with Crippen LogP contribution < -0.4 is 0 Å². The van der Waals surface area contributed by atoms with E-state index in [1.165, 1.54) is 24.1 Å². The van der Waals surface area contributed by atoms with Crippen LogP contribution in [0.4, 0.5) is 0 Å². The van der Waals surface area contributed by atoms with Crippen LogP contribution >= 0.6 is 0 Å². The van der Waals surface area contributed by atoms with Crippen LogP contribution in [0.5, 0.6) is 0 Å². The first-order valence-electron chi connectivity index (χ1n) is 7.30. The first-order valence-corrected chi connectivity index (χ1v) is 13.3. The van der Waals surface area contributed by atoms with Crippen molar-refractivity contribution in [3.05, 3.63) is 0 Å². The average Bonchev–Trinajstić information content (AvgIpc) is 3.13. The van der Waals surface area contributed by atoms with Crippen molar-refractivity contribution in [2.24, 2.45) is 0 Å². The van der Waals surface area contributed by atoms with E-state index in [4.69, 9.17) is 0 Å². The Hall–Kier alpha value is 0.519. The first kappa shape index (κ1) is 6.11. The minimum absolute atomic E-state index is 1.02. The first-order chi connectivity index (χ1) is 7.10. The minimum atomic E-state index is -3.12. The summed E-state index contributed by atoms with van der Waals surface area (Å²) >= 11 is 0. The molecule has 0 aromatic rings. The van der Waals surface area contributed by atoms with Crippen LogP contribution in [-0.2, 0) is 6.51 Å². The van der Waals surface area contributed by atoms with Gasteiger partial charge >= 0.3 is 86.8 Å². The zero-order valence-electron chi connectivity index (χ0n) is 10.7. The Morgan fingerprint density at radius 2 is 1.12 bits per heavy atom. The van der Waals surface area contributed by atoms with Crippen molar-refractivity contribution in [3.8, 4) is 0 Å². The molecule has 10 fully saturated rings. The van der Waals surface area contributed by atoms with Crippen LogP contribution in [0.1, 0.15) is 34.6 Å². The molecule has 10 rings (SSSR count). The summed E-state index contributed by atoms with van der Waals surface area (Å²) < 4.78 is 5.12. The van der Waals surface area contributed by atoms with Crippen LogP contribution in [0.25, 0.3) is 0 Å². The summed E-state index contributed by atoms with van der Waals surface area (Å²) in [6, 6.07) is 0. The van der Waals surface area contributed by atoms with E-state index in [9.17, 15) is 0 Å². The molecule has 10 saturated heterocycles. The third kappa shape index (κ3) is 0.0371. The van der Waals surface area contributed by atoms with Gasteiger partial charge in [0, 0.05) is 0 Å². The average molecular weight is 256 g/mol. The van der Waals surface area contributed by atoms with Gasteiger partial charge in [0.25, 0.3) is 0 Å². The molecule has 1 spiro atoms. The number of rotatable bonds is 0. The number of hydrogen-bond acceptors (Lipinski definition) is 0. The molecular formula is C15H20Fe. The molecule has 8 unspecified atom stereocenters. The van der Waals surface area contributed by atoms with Gasteiger partial charge in [-0.3, -0.25) is 0 Å². The molecule has 0 aromatic carbocycles. The summed E-state index contributed by atoms with van der Waals surface area (Å²) in [6.07, 6.45) is 0. The second-order valence-electron chi connectivity index (χ2n) is 11.8. The van der Waals surface area contributed by atoms with Crippen molar-refractivity contribution in [2.45, 2.75) is 80.3 Å². The maximum absolute atomic E-state index is 3.12. The van der Waals surface area contributed by atoms with Gasteiger partial charge in [-0.2, -0.15) is 0 Å². The van der Waals surface area contributed by atoms with E-state index in [1.54, 1.807) is 0 Å². The third-order valence-corrected chi connectivity index (χ3v) is 69.8. The van der Waals surface area contributed by atoms with E-state index in [-0.39, 0.29) is 0 Å². The molecule has 0 saturated carbocycles. The Balaban J connectivity index is 2.01. The van der Waals surface area contributed by atoms with Crippen LogP contribution in [0.2, 0.25) is 45.6 Å². The molecule has 0 nitrogen and oxygen atoms in total. The summed E-state index contributed by atoms with van der Waals surface area (Å²) in [5.41, 5.74) is 0. The zero-order chi connectivity index (χ0) is 10.7. The van der Waals surface area contributed by atoms with E-state index in [0.717, 1.165) is 21.6 Å².